The maximum atomic E-state index is 4.61. The number of fused-ring (bicyclic) bond motifs is 1. The first kappa shape index (κ1) is 12.6. The summed E-state index contributed by atoms with van der Waals surface area (Å²) >= 11 is 0. The van der Waals surface area contributed by atoms with Crippen LogP contribution in [0.2, 0.25) is 0 Å². The Balaban J connectivity index is 1.88. The van der Waals surface area contributed by atoms with Gasteiger partial charge >= 0.3 is 0 Å². The molecular formula is C16H21N3. The van der Waals surface area contributed by atoms with Gasteiger partial charge in [-0.2, -0.15) is 0 Å². The molecule has 1 unspecified atom stereocenters. The van der Waals surface area contributed by atoms with Gasteiger partial charge in [0.25, 0.3) is 0 Å². The largest absolute Gasteiger partial charge is 0.316 e. The number of benzene rings is 1. The van der Waals surface area contributed by atoms with Crippen molar-refractivity contribution in [2.45, 2.75) is 25.9 Å². The fourth-order valence-electron chi connectivity index (χ4n) is 2.98. The number of likely N-dealkylation sites (tertiary alicyclic amines) is 1. The zero-order valence-electron chi connectivity index (χ0n) is 11.7. The SMILES string of the molecule is CNC1CCN(Cc2cc(C)nc3ccccc23)C1. The van der Waals surface area contributed by atoms with Crippen LogP contribution in [0.3, 0.4) is 0 Å². The van der Waals surface area contributed by atoms with Crippen LogP contribution in [-0.4, -0.2) is 36.1 Å². The number of likely N-dealkylation sites (N-methyl/N-ethyl adjacent to an activating group) is 1. The Bertz CT molecular complexity index is 579. The molecule has 0 spiro atoms. The van der Waals surface area contributed by atoms with Crippen LogP contribution in [0, 0.1) is 6.92 Å². The molecule has 1 N–H and O–H groups in total. The first-order valence-electron chi connectivity index (χ1n) is 7.01. The van der Waals surface area contributed by atoms with Crippen molar-refractivity contribution in [2.24, 2.45) is 0 Å². The van der Waals surface area contributed by atoms with Gasteiger partial charge in [-0.05, 0) is 38.1 Å². The number of rotatable bonds is 3. The summed E-state index contributed by atoms with van der Waals surface area (Å²) in [4.78, 5) is 7.14. The van der Waals surface area contributed by atoms with Crippen molar-refractivity contribution < 1.29 is 0 Å². The van der Waals surface area contributed by atoms with Gasteiger partial charge in [0, 0.05) is 36.8 Å². The maximum absolute atomic E-state index is 4.61. The number of aromatic nitrogens is 1. The molecule has 3 nitrogen and oxygen atoms in total. The Labute approximate surface area is 114 Å². The third-order valence-corrected chi connectivity index (χ3v) is 4.00. The van der Waals surface area contributed by atoms with E-state index in [2.05, 4.69) is 59.5 Å². The quantitative estimate of drug-likeness (QED) is 0.912. The van der Waals surface area contributed by atoms with E-state index in [1.54, 1.807) is 0 Å². The van der Waals surface area contributed by atoms with Crippen LogP contribution in [0.4, 0.5) is 0 Å². The summed E-state index contributed by atoms with van der Waals surface area (Å²) in [6, 6.07) is 11.3. The van der Waals surface area contributed by atoms with Crippen LogP contribution in [0.25, 0.3) is 10.9 Å². The predicted octanol–water partition coefficient (Wildman–Crippen LogP) is 2.34. The van der Waals surface area contributed by atoms with E-state index < -0.39 is 0 Å². The van der Waals surface area contributed by atoms with Gasteiger partial charge in [0.1, 0.15) is 0 Å². The van der Waals surface area contributed by atoms with Crippen molar-refractivity contribution in [3.63, 3.8) is 0 Å². The van der Waals surface area contributed by atoms with Gasteiger partial charge < -0.3 is 5.32 Å². The van der Waals surface area contributed by atoms with E-state index in [0.717, 1.165) is 24.3 Å². The van der Waals surface area contributed by atoms with Crippen LogP contribution in [0.1, 0.15) is 17.7 Å². The summed E-state index contributed by atoms with van der Waals surface area (Å²) in [6.45, 7) is 5.44. The van der Waals surface area contributed by atoms with Gasteiger partial charge in [0.15, 0.2) is 0 Å². The molecule has 1 aliphatic heterocycles. The normalized spacial score (nSPS) is 20.2. The van der Waals surface area contributed by atoms with Crippen molar-refractivity contribution in [3.05, 3.63) is 41.6 Å². The Hall–Kier alpha value is -1.45. The summed E-state index contributed by atoms with van der Waals surface area (Å²) < 4.78 is 0. The van der Waals surface area contributed by atoms with E-state index in [0.29, 0.717) is 6.04 Å². The first-order valence-corrected chi connectivity index (χ1v) is 7.01. The van der Waals surface area contributed by atoms with E-state index in [1.165, 1.54) is 23.9 Å². The fourth-order valence-corrected chi connectivity index (χ4v) is 2.98. The van der Waals surface area contributed by atoms with Gasteiger partial charge in [-0.1, -0.05) is 18.2 Å². The standard InChI is InChI=1S/C16H21N3/c1-12-9-13(10-19-8-7-14(11-19)17-2)15-5-3-4-6-16(15)18-12/h3-6,9,14,17H,7-8,10-11H2,1-2H3. The van der Waals surface area contributed by atoms with Crippen molar-refractivity contribution >= 4 is 10.9 Å². The van der Waals surface area contributed by atoms with E-state index >= 15 is 0 Å². The molecule has 1 atom stereocenters. The highest BCUT2D eigenvalue weighted by atomic mass is 15.2. The van der Waals surface area contributed by atoms with Crippen LogP contribution in [0.15, 0.2) is 30.3 Å². The van der Waals surface area contributed by atoms with E-state index in [4.69, 9.17) is 0 Å². The van der Waals surface area contributed by atoms with E-state index in [9.17, 15) is 0 Å². The lowest BCUT2D eigenvalue weighted by molar-refractivity contribution is 0.323. The summed E-state index contributed by atoms with van der Waals surface area (Å²) in [6.07, 6.45) is 1.25. The fraction of sp³-hybridized carbons (Fsp3) is 0.438. The zero-order chi connectivity index (χ0) is 13.2. The Morgan fingerprint density at radius 1 is 1.37 bits per heavy atom. The number of nitrogens with zero attached hydrogens (tertiary/aromatic N) is 2. The summed E-state index contributed by atoms with van der Waals surface area (Å²) in [5.74, 6) is 0. The van der Waals surface area contributed by atoms with Gasteiger partial charge in [-0.25, -0.2) is 0 Å². The molecule has 0 radical (unpaired) electrons. The Morgan fingerprint density at radius 3 is 3.00 bits per heavy atom. The molecule has 0 aliphatic carbocycles. The molecule has 100 valence electrons. The van der Waals surface area contributed by atoms with E-state index in [-0.39, 0.29) is 0 Å². The zero-order valence-corrected chi connectivity index (χ0v) is 11.7. The number of pyridine rings is 1. The van der Waals surface area contributed by atoms with Crippen molar-refractivity contribution in [1.82, 2.24) is 15.2 Å². The van der Waals surface area contributed by atoms with Crippen LogP contribution >= 0.6 is 0 Å². The highest BCUT2D eigenvalue weighted by Gasteiger charge is 2.21. The molecule has 1 aromatic heterocycles. The molecule has 19 heavy (non-hydrogen) atoms. The average molecular weight is 255 g/mol. The minimum atomic E-state index is 0.647. The molecule has 0 saturated carbocycles. The average Bonchev–Trinajstić information content (AvgIpc) is 2.86. The van der Waals surface area contributed by atoms with Crippen LogP contribution in [-0.2, 0) is 6.54 Å². The molecule has 2 aromatic rings. The molecule has 3 heteroatoms. The second kappa shape index (κ2) is 5.27. The highest BCUT2D eigenvalue weighted by molar-refractivity contribution is 5.82. The van der Waals surface area contributed by atoms with Crippen molar-refractivity contribution in [1.29, 1.82) is 0 Å². The highest BCUT2D eigenvalue weighted by Crippen LogP contribution is 2.21. The summed E-state index contributed by atoms with van der Waals surface area (Å²) in [5, 5.41) is 4.67. The second-order valence-corrected chi connectivity index (χ2v) is 5.45. The molecule has 2 heterocycles. The van der Waals surface area contributed by atoms with Crippen molar-refractivity contribution in [3.8, 4) is 0 Å². The Kier molecular flexibility index (Phi) is 3.49. The molecule has 0 bridgehead atoms. The summed E-state index contributed by atoms with van der Waals surface area (Å²) in [5.41, 5.74) is 3.62. The third-order valence-electron chi connectivity index (χ3n) is 4.00. The number of para-hydroxylation sites is 1. The number of hydrogen-bond donors (Lipinski definition) is 1. The second-order valence-electron chi connectivity index (χ2n) is 5.45. The molecule has 1 fully saturated rings. The molecule has 1 saturated heterocycles. The summed E-state index contributed by atoms with van der Waals surface area (Å²) in [7, 11) is 2.06. The maximum Gasteiger partial charge on any atom is 0.0708 e. The minimum Gasteiger partial charge on any atom is -0.316 e. The smallest absolute Gasteiger partial charge is 0.0708 e. The molecule has 1 aromatic carbocycles. The predicted molar refractivity (Wildman–Crippen MR) is 79.2 cm³/mol. The van der Waals surface area contributed by atoms with Gasteiger partial charge in [-0.3, -0.25) is 9.88 Å². The first-order chi connectivity index (χ1) is 9.26. The topological polar surface area (TPSA) is 28.2 Å². The van der Waals surface area contributed by atoms with Gasteiger partial charge in [0.2, 0.25) is 0 Å². The lowest BCUT2D eigenvalue weighted by Crippen LogP contribution is -2.29. The van der Waals surface area contributed by atoms with Crippen molar-refractivity contribution in [2.75, 3.05) is 20.1 Å². The number of aryl methyl sites for hydroxylation is 1. The third kappa shape index (κ3) is 2.62. The molecule has 3 rings (SSSR count). The van der Waals surface area contributed by atoms with Gasteiger partial charge in [0.05, 0.1) is 5.52 Å². The van der Waals surface area contributed by atoms with Crippen LogP contribution in [0.5, 0.6) is 0 Å². The number of nitrogens with one attached hydrogen (secondary N) is 1. The van der Waals surface area contributed by atoms with Gasteiger partial charge in [-0.15, -0.1) is 0 Å². The molecule has 1 aliphatic rings. The molecule has 0 amide bonds. The Morgan fingerprint density at radius 2 is 2.21 bits per heavy atom. The monoisotopic (exact) mass is 255 g/mol. The number of hydrogen-bond acceptors (Lipinski definition) is 3. The minimum absolute atomic E-state index is 0.647. The van der Waals surface area contributed by atoms with Crippen LogP contribution < -0.4 is 5.32 Å². The lowest BCUT2D eigenvalue weighted by atomic mass is 10.1. The lowest BCUT2D eigenvalue weighted by Gasteiger charge is -2.17. The molecular weight excluding hydrogens is 234 g/mol. The van der Waals surface area contributed by atoms with E-state index in [1.807, 2.05) is 0 Å².